The van der Waals surface area contributed by atoms with E-state index in [1.807, 2.05) is 18.2 Å². The van der Waals surface area contributed by atoms with Gasteiger partial charge in [-0.3, -0.25) is 4.79 Å². The molecule has 0 bridgehead atoms. The van der Waals surface area contributed by atoms with Gasteiger partial charge in [-0.25, -0.2) is 0 Å². The van der Waals surface area contributed by atoms with Crippen LogP contribution < -0.4 is 0 Å². The Hall–Kier alpha value is -1.51. The van der Waals surface area contributed by atoms with Crippen molar-refractivity contribution >= 4 is 27.4 Å². The van der Waals surface area contributed by atoms with Gasteiger partial charge >= 0.3 is 5.97 Å². The molecular weight excluding hydrogens is 440 g/mol. The number of carbonyl (C=O) groups excluding carboxylic acids is 1. The zero-order chi connectivity index (χ0) is 23.6. The summed E-state index contributed by atoms with van der Waals surface area (Å²) in [5.41, 5.74) is 0. The molecule has 5 atom stereocenters. The van der Waals surface area contributed by atoms with E-state index in [4.69, 9.17) is 9.84 Å². The minimum absolute atomic E-state index is 0.00512. The summed E-state index contributed by atoms with van der Waals surface area (Å²) in [6.07, 6.45) is 5.47. The van der Waals surface area contributed by atoms with E-state index in [0.717, 1.165) is 42.4 Å². The molecular formula is C26H38O6S. The van der Waals surface area contributed by atoms with Crippen LogP contribution in [0.5, 0.6) is 0 Å². The van der Waals surface area contributed by atoms with Crippen molar-refractivity contribution < 1.29 is 30.0 Å². The Bertz CT molecular complexity index is 819. The number of aliphatic hydroxyl groups is 4. The maximum absolute atomic E-state index is 11.6. The number of hydrogen-bond acceptors (Lipinski definition) is 7. The van der Waals surface area contributed by atoms with Gasteiger partial charge in [-0.2, -0.15) is 0 Å². The minimum Gasteiger partial charge on any atom is -0.466 e. The molecule has 0 amide bonds. The average molecular weight is 479 g/mol. The van der Waals surface area contributed by atoms with Crippen LogP contribution in [0.4, 0.5) is 0 Å². The topological polar surface area (TPSA) is 107 Å². The third-order valence-electron chi connectivity index (χ3n) is 6.80. The Morgan fingerprint density at radius 2 is 1.76 bits per heavy atom. The molecule has 1 saturated carbocycles. The number of unbranched alkanes of at least 4 members (excludes halogenated alkanes) is 3. The molecule has 0 radical (unpaired) electrons. The van der Waals surface area contributed by atoms with Crippen LogP contribution in [0.1, 0.15) is 75.2 Å². The van der Waals surface area contributed by atoms with Crippen molar-refractivity contribution in [3.05, 3.63) is 35.2 Å². The molecule has 7 heteroatoms. The predicted octanol–water partition coefficient (Wildman–Crippen LogP) is 4.34. The number of ether oxygens (including phenoxy) is 1. The maximum Gasteiger partial charge on any atom is 0.305 e. The zero-order valence-corrected chi connectivity index (χ0v) is 20.1. The van der Waals surface area contributed by atoms with Crippen LogP contribution in [-0.2, 0) is 9.53 Å². The zero-order valence-electron chi connectivity index (χ0n) is 19.3. The van der Waals surface area contributed by atoms with Gasteiger partial charge in [0.1, 0.15) is 0 Å². The van der Waals surface area contributed by atoms with Gasteiger partial charge in [-0.1, -0.05) is 37.5 Å². The van der Waals surface area contributed by atoms with Crippen molar-refractivity contribution in [2.75, 3.05) is 13.2 Å². The van der Waals surface area contributed by atoms with E-state index in [2.05, 4.69) is 12.1 Å². The lowest BCUT2D eigenvalue weighted by molar-refractivity contribution is -0.144. The third kappa shape index (κ3) is 7.76. The number of benzene rings is 1. The van der Waals surface area contributed by atoms with Gasteiger partial charge in [0.15, 0.2) is 0 Å². The van der Waals surface area contributed by atoms with Crippen LogP contribution in [-0.4, -0.2) is 51.8 Å². The summed E-state index contributed by atoms with van der Waals surface area (Å²) in [6.45, 7) is 0.302. The Balaban J connectivity index is 1.38. The standard InChI is InChI=1S/C26H38O6S/c27-14-7-15-32-26(31)11-4-2-1-3-9-19-20(23(30)17-22(19)29)12-13-21(28)25-16-18-8-5-6-10-24(18)33-25/h5-6,8,10,16,19-23,27-30H,1-4,7,9,11-15,17H2/t19-,20?,21-,22+,23-/m1/s1. The van der Waals surface area contributed by atoms with E-state index in [0.29, 0.717) is 32.1 Å². The van der Waals surface area contributed by atoms with Crippen LogP contribution in [0.3, 0.4) is 0 Å². The second-order valence-corrected chi connectivity index (χ2v) is 10.3. The molecule has 1 aromatic heterocycles. The first-order valence-electron chi connectivity index (χ1n) is 12.3. The fourth-order valence-corrected chi connectivity index (χ4v) is 6.05. The summed E-state index contributed by atoms with van der Waals surface area (Å²) in [4.78, 5) is 12.5. The monoisotopic (exact) mass is 478 g/mol. The van der Waals surface area contributed by atoms with Gasteiger partial charge in [0.05, 0.1) is 24.9 Å². The number of fused-ring (bicyclic) bond motifs is 1. The van der Waals surface area contributed by atoms with Crippen LogP contribution in [0.15, 0.2) is 30.3 Å². The van der Waals surface area contributed by atoms with E-state index in [1.54, 1.807) is 11.3 Å². The van der Waals surface area contributed by atoms with E-state index >= 15 is 0 Å². The first-order valence-corrected chi connectivity index (χ1v) is 13.1. The SMILES string of the molecule is O=C(CCCCCC[C@@H]1C(CC[C@@H](O)c2cc3ccccc3s2)[C@H](O)C[C@@H]1O)OCCCO. The molecule has 1 fully saturated rings. The number of thiophene rings is 1. The Labute approximate surface area is 200 Å². The van der Waals surface area contributed by atoms with Gasteiger partial charge in [-0.15, -0.1) is 11.3 Å². The number of esters is 1. The van der Waals surface area contributed by atoms with Crippen LogP contribution >= 0.6 is 11.3 Å². The molecule has 2 aromatic rings. The molecule has 1 aliphatic rings. The third-order valence-corrected chi connectivity index (χ3v) is 8.02. The lowest BCUT2D eigenvalue weighted by Gasteiger charge is -2.24. The van der Waals surface area contributed by atoms with Crippen molar-refractivity contribution in [3.8, 4) is 0 Å². The highest BCUT2D eigenvalue weighted by atomic mass is 32.1. The molecule has 1 aliphatic carbocycles. The first-order chi connectivity index (χ1) is 16.0. The van der Waals surface area contributed by atoms with E-state index in [9.17, 15) is 20.1 Å². The quantitative estimate of drug-likeness (QED) is 0.238. The summed E-state index contributed by atoms with van der Waals surface area (Å²) in [5, 5.41) is 41.6. The molecule has 4 N–H and O–H groups in total. The summed E-state index contributed by atoms with van der Waals surface area (Å²) in [5.74, 6) is -0.154. The molecule has 6 nitrogen and oxygen atoms in total. The molecule has 33 heavy (non-hydrogen) atoms. The predicted molar refractivity (Wildman–Crippen MR) is 130 cm³/mol. The van der Waals surface area contributed by atoms with Crippen LogP contribution in [0, 0.1) is 11.8 Å². The van der Waals surface area contributed by atoms with Crippen molar-refractivity contribution in [2.45, 2.75) is 82.5 Å². The second-order valence-electron chi connectivity index (χ2n) is 9.23. The molecule has 184 valence electrons. The Kier molecular flexibility index (Phi) is 10.6. The molecule has 3 rings (SSSR count). The van der Waals surface area contributed by atoms with Crippen LogP contribution in [0.25, 0.3) is 10.1 Å². The normalized spacial score (nSPS) is 23.8. The van der Waals surface area contributed by atoms with Crippen molar-refractivity contribution in [1.82, 2.24) is 0 Å². The average Bonchev–Trinajstić information content (AvgIpc) is 3.35. The first kappa shape index (κ1) is 26.1. The minimum atomic E-state index is -0.551. The van der Waals surface area contributed by atoms with Gasteiger partial charge in [-0.05, 0) is 61.5 Å². The molecule has 0 spiro atoms. The molecule has 1 aromatic carbocycles. The molecule has 1 heterocycles. The summed E-state index contributed by atoms with van der Waals surface area (Å²) in [6, 6.07) is 10.2. The number of hydrogen-bond donors (Lipinski definition) is 4. The lowest BCUT2D eigenvalue weighted by atomic mass is 9.84. The van der Waals surface area contributed by atoms with E-state index in [1.165, 1.54) is 4.70 Å². The summed E-state index contributed by atoms with van der Waals surface area (Å²) in [7, 11) is 0. The smallest absolute Gasteiger partial charge is 0.305 e. The fraction of sp³-hybridized carbons (Fsp3) is 0.654. The highest BCUT2D eigenvalue weighted by Gasteiger charge is 2.40. The van der Waals surface area contributed by atoms with Gasteiger partial charge in [0, 0.05) is 29.0 Å². The molecule has 0 saturated heterocycles. The largest absolute Gasteiger partial charge is 0.466 e. The number of aliphatic hydroxyl groups excluding tert-OH is 4. The van der Waals surface area contributed by atoms with Crippen molar-refractivity contribution in [2.24, 2.45) is 11.8 Å². The van der Waals surface area contributed by atoms with Crippen LogP contribution in [0.2, 0.25) is 0 Å². The highest BCUT2D eigenvalue weighted by Crippen LogP contribution is 2.41. The van der Waals surface area contributed by atoms with Gasteiger partial charge in [0.25, 0.3) is 0 Å². The maximum atomic E-state index is 11.6. The number of carbonyl (C=O) groups is 1. The fourth-order valence-electron chi connectivity index (χ4n) is 4.97. The second kappa shape index (κ2) is 13.4. The Morgan fingerprint density at radius 3 is 2.52 bits per heavy atom. The molecule has 1 unspecified atom stereocenters. The lowest BCUT2D eigenvalue weighted by Crippen LogP contribution is -2.23. The highest BCUT2D eigenvalue weighted by molar-refractivity contribution is 7.19. The Morgan fingerprint density at radius 1 is 1.03 bits per heavy atom. The molecule has 0 aliphatic heterocycles. The number of rotatable bonds is 14. The van der Waals surface area contributed by atoms with Crippen molar-refractivity contribution in [1.29, 1.82) is 0 Å². The van der Waals surface area contributed by atoms with E-state index < -0.39 is 18.3 Å². The van der Waals surface area contributed by atoms with Gasteiger partial charge < -0.3 is 25.2 Å². The van der Waals surface area contributed by atoms with Gasteiger partial charge in [0.2, 0.25) is 0 Å². The van der Waals surface area contributed by atoms with E-state index in [-0.39, 0.29) is 31.0 Å². The summed E-state index contributed by atoms with van der Waals surface area (Å²) >= 11 is 1.61. The van der Waals surface area contributed by atoms with Crippen molar-refractivity contribution in [3.63, 3.8) is 0 Å². The summed E-state index contributed by atoms with van der Waals surface area (Å²) < 4.78 is 6.19.